The molecule has 0 fully saturated rings. The first-order valence-electron chi connectivity index (χ1n) is 24.3. The van der Waals surface area contributed by atoms with Crippen molar-refractivity contribution in [3.05, 3.63) is 226 Å². The van der Waals surface area contributed by atoms with E-state index < -0.39 is 11.1 Å². The highest BCUT2D eigenvalue weighted by Crippen LogP contribution is 2.55. The highest BCUT2D eigenvalue weighted by Gasteiger charge is 2.58. The van der Waals surface area contributed by atoms with Crippen LogP contribution in [0.1, 0.15) is 111 Å². The Morgan fingerprint density at radius 3 is 1.86 bits per heavy atom. The molecule has 0 N–H and O–H groups in total. The minimum Gasteiger partial charge on any atom is -0.457 e. The first kappa shape index (κ1) is 45.5. The number of hydrogen-bond acceptors (Lipinski definition) is 6. The number of rotatable bonds is 9. The Morgan fingerprint density at radius 1 is 0.565 bits per heavy atom. The molecule has 0 amide bonds. The molecule has 0 bridgehead atoms. The van der Waals surface area contributed by atoms with E-state index in [2.05, 4.69) is 238 Å². The highest BCUT2D eigenvalue weighted by atomic mass is 16.5. The second kappa shape index (κ2) is 17.0. The van der Waals surface area contributed by atoms with Crippen LogP contribution in [0.25, 0.3) is 11.3 Å². The molecule has 69 heavy (non-hydrogen) atoms. The first-order valence-corrected chi connectivity index (χ1v) is 24.3. The summed E-state index contributed by atoms with van der Waals surface area (Å²) in [5.41, 5.74) is 14.2. The van der Waals surface area contributed by atoms with Crippen molar-refractivity contribution in [3.8, 4) is 22.8 Å². The van der Waals surface area contributed by atoms with Gasteiger partial charge in [0.2, 0.25) is 0 Å². The second-order valence-corrected chi connectivity index (χ2v) is 21.4. The molecule has 346 valence electrons. The van der Waals surface area contributed by atoms with Gasteiger partial charge in [-0.1, -0.05) is 138 Å². The number of ether oxygens (including phenoxy) is 1. The number of benzene rings is 6. The Bertz CT molecular complexity index is 3180. The van der Waals surface area contributed by atoms with Crippen LogP contribution in [0.3, 0.4) is 0 Å². The summed E-state index contributed by atoms with van der Waals surface area (Å²) in [6.07, 6.45) is 3.75. The van der Waals surface area contributed by atoms with E-state index in [4.69, 9.17) is 19.7 Å². The van der Waals surface area contributed by atoms with Gasteiger partial charge in [-0.25, -0.2) is 4.98 Å². The summed E-state index contributed by atoms with van der Waals surface area (Å²) < 4.78 is 7.16. The van der Waals surface area contributed by atoms with E-state index in [-0.39, 0.29) is 16.7 Å². The molecular weight excluding hydrogens is 843 g/mol. The number of pyridine rings is 2. The molecule has 1 atom stereocenters. The summed E-state index contributed by atoms with van der Waals surface area (Å²) in [6, 6.07) is 58.8. The molecule has 2 aliphatic rings. The number of aryl methyl sites for hydroxylation is 3. The van der Waals surface area contributed by atoms with Crippen molar-refractivity contribution < 1.29 is 4.74 Å². The third-order valence-corrected chi connectivity index (χ3v) is 14.9. The monoisotopic (exact) mass is 906 g/mol. The van der Waals surface area contributed by atoms with Crippen LogP contribution in [0.15, 0.2) is 181 Å². The minimum absolute atomic E-state index is 0.00210. The Balaban J connectivity index is 1.14. The van der Waals surface area contributed by atoms with Crippen LogP contribution in [0, 0.1) is 20.8 Å². The SMILES string of the molecule is Cc1cc(Oc2cc(C3=NC(C)(C)[C@](C)(C(c4ccccc4)c4ccccc4)N3c3c(C)cccc3C)cc(-c3ccccn3)c2)cc(N2c3ccc(C(C)(C)C)cc3C(C)(C)c3cccnc32)c1. The lowest BCUT2D eigenvalue weighted by Crippen LogP contribution is -2.60. The van der Waals surface area contributed by atoms with Gasteiger partial charge in [0.15, 0.2) is 0 Å². The van der Waals surface area contributed by atoms with Crippen molar-refractivity contribution in [2.45, 2.75) is 104 Å². The summed E-state index contributed by atoms with van der Waals surface area (Å²) in [5.74, 6) is 3.17. The van der Waals surface area contributed by atoms with E-state index in [0.29, 0.717) is 5.75 Å². The average molecular weight is 906 g/mol. The molecule has 0 radical (unpaired) electrons. The maximum atomic E-state index is 7.16. The van der Waals surface area contributed by atoms with Gasteiger partial charge in [0, 0.05) is 52.2 Å². The molecule has 10 rings (SSSR count). The van der Waals surface area contributed by atoms with Crippen molar-refractivity contribution in [1.82, 2.24) is 9.97 Å². The van der Waals surface area contributed by atoms with Gasteiger partial charge in [0.05, 0.1) is 28.1 Å². The zero-order valence-corrected chi connectivity index (χ0v) is 42.0. The molecule has 0 unspecified atom stereocenters. The summed E-state index contributed by atoms with van der Waals surface area (Å²) in [4.78, 5) is 20.7. The molecule has 2 aliphatic heterocycles. The fourth-order valence-corrected chi connectivity index (χ4v) is 11.0. The maximum Gasteiger partial charge on any atom is 0.141 e. The van der Waals surface area contributed by atoms with Gasteiger partial charge in [-0.3, -0.25) is 14.9 Å². The molecule has 0 saturated heterocycles. The molecule has 6 aromatic carbocycles. The van der Waals surface area contributed by atoms with Crippen LogP contribution in [-0.2, 0) is 10.8 Å². The van der Waals surface area contributed by atoms with E-state index >= 15 is 0 Å². The van der Waals surface area contributed by atoms with Crippen molar-refractivity contribution in [1.29, 1.82) is 0 Å². The van der Waals surface area contributed by atoms with Gasteiger partial charge >= 0.3 is 0 Å². The normalized spacial score (nSPS) is 17.1. The van der Waals surface area contributed by atoms with Gasteiger partial charge in [-0.15, -0.1) is 0 Å². The van der Waals surface area contributed by atoms with Gasteiger partial charge in [-0.2, -0.15) is 0 Å². The number of fused-ring (bicyclic) bond motifs is 2. The molecule has 0 aliphatic carbocycles. The Morgan fingerprint density at radius 2 is 1.20 bits per heavy atom. The molecule has 0 spiro atoms. The first-order chi connectivity index (χ1) is 33.0. The summed E-state index contributed by atoms with van der Waals surface area (Å²) in [5, 5.41) is 0. The number of aromatic nitrogens is 2. The maximum absolute atomic E-state index is 7.16. The summed E-state index contributed by atoms with van der Waals surface area (Å²) >= 11 is 0. The zero-order valence-electron chi connectivity index (χ0n) is 42.0. The van der Waals surface area contributed by atoms with Crippen molar-refractivity contribution in [2.24, 2.45) is 4.99 Å². The largest absolute Gasteiger partial charge is 0.457 e. The lowest BCUT2D eigenvalue weighted by molar-refractivity contribution is 0.279. The predicted molar refractivity (Wildman–Crippen MR) is 286 cm³/mol. The third kappa shape index (κ3) is 7.90. The van der Waals surface area contributed by atoms with Crippen LogP contribution in [-0.4, -0.2) is 26.9 Å². The number of amidine groups is 1. The van der Waals surface area contributed by atoms with Gasteiger partial charge in [0.25, 0.3) is 0 Å². The van der Waals surface area contributed by atoms with E-state index in [1.807, 2.05) is 24.5 Å². The number of para-hydroxylation sites is 1. The molecule has 2 aromatic heterocycles. The van der Waals surface area contributed by atoms with Gasteiger partial charge < -0.3 is 9.64 Å². The molecule has 8 aromatic rings. The molecule has 4 heterocycles. The van der Waals surface area contributed by atoms with Crippen LogP contribution in [0.4, 0.5) is 22.9 Å². The number of aliphatic imine (C=N–C) groups is 1. The van der Waals surface area contributed by atoms with Crippen molar-refractivity contribution in [2.75, 3.05) is 9.80 Å². The quantitative estimate of drug-likeness (QED) is 0.144. The molecule has 0 saturated carbocycles. The lowest BCUT2D eigenvalue weighted by atomic mass is 9.66. The second-order valence-electron chi connectivity index (χ2n) is 21.4. The van der Waals surface area contributed by atoms with Crippen molar-refractivity contribution in [3.63, 3.8) is 0 Å². The smallest absolute Gasteiger partial charge is 0.141 e. The number of nitrogens with zero attached hydrogens (tertiary/aromatic N) is 5. The molecular formula is C63H63N5O. The fraction of sp³-hybridized carbons (Fsp3) is 0.254. The average Bonchev–Trinajstić information content (AvgIpc) is 3.53. The van der Waals surface area contributed by atoms with Gasteiger partial charge in [0.1, 0.15) is 23.2 Å². The van der Waals surface area contributed by atoms with Crippen LogP contribution in [0.5, 0.6) is 11.5 Å². The number of hydrogen-bond donors (Lipinski definition) is 0. The third-order valence-electron chi connectivity index (χ3n) is 14.9. The molecule has 6 heteroatoms. The zero-order chi connectivity index (χ0) is 48.5. The summed E-state index contributed by atoms with van der Waals surface area (Å²) in [6.45, 7) is 25.1. The highest BCUT2D eigenvalue weighted by molar-refractivity contribution is 6.14. The Labute approximate surface area is 409 Å². The fourth-order valence-electron chi connectivity index (χ4n) is 11.0. The minimum atomic E-state index is -0.591. The Kier molecular flexibility index (Phi) is 11.2. The lowest BCUT2D eigenvalue weighted by Gasteiger charge is -2.50. The number of anilines is 4. The molecule has 6 nitrogen and oxygen atoms in total. The standard InChI is InChI=1S/C63H63N5O/c1-41-34-49(67-55-31-30-48(60(4,5)6)39-53(55)61(7,8)52-28-21-33-65-59(52)67)40-50(35-41)69-51-37-46(54-29-18-19-32-64-54)36-47(38-51)58-66-62(9,10)63(11,68(58)57-42(2)22-20-23-43(57)3)56(44-24-14-12-15-25-44)45-26-16-13-17-27-45/h12-40,56H,1-11H3/t63-/m0/s1. The van der Waals surface area contributed by atoms with Crippen LogP contribution < -0.4 is 14.5 Å². The van der Waals surface area contributed by atoms with Gasteiger partial charge in [-0.05, 0) is 140 Å². The van der Waals surface area contributed by atoms with E-state index in [0.717, 1.165) is 56.8 Å². The Hall–Kier alpha value is -7.31. The van der Waals surface area contributed by atoms with Crippen LogP contribution >= 0.6 is 0 Å². The van der Waals surface area contributed by atoms with E-state index in [1.165, 1.54) is 38.9 Å². The van der Waals surface area contributed by atoms with Crippen LogP contribution in [0.2, 0.25) is 0 Å². The predicted octanol–water partition coefficient (Wildman–Crippen LogP) is 15.9. The van der Waals surface area contributed by atoms with Crippen molar-refractivity contribution >= 4 is 28.7 Å². The van der Waals surface area contributed by atoms with E-state index in [1.54, 1.807) is 0 Å². The topological polar surface area (TPSA) is 53.9 Å². The summed E-state index contributed by atoms with van der Waals surface area (Å²) in [7, 11) is 0. The van der Waals surface area contributed by atoms with E-state index in [9.17, 15) is 0 Å².